The fourth-order valence-corrected chi connectivity index (χ4v) is 4.12. The fraction of sp³-hybridized carbons (Fsp3) is 0.750. The van der Waals surface area contributed by atoms with Crippen molar-refractivity contribution in [3.63, 3.8) is 0 Å². The van der Waals surface area contributed by atoms with Crippen molar-refractivity contribution in [2.75, 3.05) is 12.3 Å². The standard InChI is InChI=1S/C16H26FNO4S/c17-14-5-9-16(19,10-6-14)13-15(7-2-1-3-8-15)18-11-4-12-23(20,21)22/h5-6,9,18-19H,1-4,7-8,10-13H2,(H,20,21,22). The maximum absolute atomic E-state index is 13.1. The molecule has 0 aromatic rings. The average molecular weight is 347 g/mol. The Labute approximate surface area is 137 Å². The van der Waals surface area contributed by atoms with Crippen LogP contribution in [0.25, 0.3) is 0 Å². The predicted molar refractivity (Wildman–Crippen MR) is 87.4 cm³/mol. The van der Waals surface area contributed by atoms with E-state index in [1.165, 1.54) is 18.2 Å². The zero-order chi connectivity index (χ0) is 17.0. The molecule has 2 aliphatic carbocycles. The largest absolute Gasteiger partial charge is 0.385 e. The zero-order valence-electron chi connectivity index (χ0n) is 13.3. The summed E-state index contributed by atoms with van der Waals surface area (Å²) in [6.45, 7) is 0.462. The Morgan fingerprint density at radius 2 is 1.96 bits per heavy atom. The molecular formula is C16H26FNO4S. The van der Waals surface area contributed by atoms with Crippen molar-refractivity contribution in [3.05, 3.63) is 24.1 Å². The monoisotopic (exact) mass is 347 g/mol. The number of nitrogens with one attached hydrogen (secondary N) is 1. The normalized spacial score (nSPS) is 27.7. The van der Waals surface area contributed by atoms with Crippen molar-refractivity contribution >= 4 is 10.1 Å². The van der Waals surface area contributed by atoms with Gasteiger partial charge in [-0.3, -0.25) is 4.55 Å². The van der Waals surface area contributed by atoms with Gasteiger partial charge in [0.1, 0.15) is 5.83 Å². The highest BCUT2D eigenvalue weighted by Gasteiger charge is 2.39. The molecule has 1 atom stereocenters. The molecule has 0 aromatic heterocycles. The molecule has 0 bridgehead atoms. The fourth-order valence-electron chi connectivity index (χ4n) is 3.61. The van der Waals surface area contributed by atoms with Gasteiger partial charge >= 0.3 is 0 Å². The number of aliphatic hydroxyl groups is 1. The van der Waals surface area contributed by atoms with Gasteiger partial charge in [-0.1, -0.05) is 19.3 Å². The third-order valence-electron chi connectivity index (χ3n) is 4.74. The summed E-state index contributed by atoms with van der Waals surface area (Å²) in [5.74, 6) is -0.595. The van der Waals surface area contributed by atoms with E-state index in [1.54, 1.807) is 0 Å². The van der Waals surface area contributed by atoms with Gasteiger partial charge < -0.3 is 10.4 Å². The topological polar surface area (TPSA) is 86.6 Å². The van der Waals surface area contributed by atoms with Gasteiger partial charge in [0.15, 0.2) is 0 Å². The highest BCUT2D eigenvalue weighted by Crippen LogP contribution is 2.38. The van der Waals surface area contributed by atoms with Crippen molar-refractivity contribution in [2.45, 2.75) is 62.5 Å². The van der Waals surface area contributed by atoms with Crippen LogP contribution in [0.15, 0.2) is 24.1 Å². The maximum Gasteiger partial charge on any atom is 0.264 e. The second-order valence-corrected chi connectivity index (χ2v) is 8.39. The van der Waals surface area contributed by atoms with Gasteiger partial charge in [-0.05, 0) is 50.5 Å². The van der Waals surface area contributed by atoms with Crippen molar-refractivity contribution in [1.29, 1.82) is 0 Å². The van der Waals surface area contributed by atoms with Crippen LogP contribution in [-0.2, 0) is 10.1 Å². The molecule has 1 saturated carbocycles. The third-order valence-corrected chi connectivity index (χ3v) is 5.54. The molecule has 3 N–H and O–H groups in total. The molecule has 2 rings (SSSR count). The first-order valence-electron chi connectivity index (χ1n) is 8.20. The highest BCUT2D eigenvalue weighted by atomic mass is 32.2. The van der Waals surface area contributed by atoms with Crippen LogP contribution in [0.1, 0.15) is 51.4 Å². The second kappa shape index (κ2) is 7.42. The summed E-state index contributed by atoms with van der Waals surface area (Å²) in [6, 6.07) is 0. The van der Waals surface area contributed by atoms with Crippen molar-refractivity contribution < 1.29 is 22.5 Å². The van der Waals surface area contributed by atoms with E-state index < -0.39 is 15.7 Å². The number of hydrogen-bond acceptors (Lipinski definition) is 4. The first kappa shape index (κ1) is 18.6. The lowest BCUT2D eigenvalue weighted by Crippen LogP contribution is -2.52. The van der Waals surface area contributed by atoms with Gasteiger partial charge in [0, 0.05) is 12.0 Å². The van der Waals surface area contributed by atoms with E-state index in [4.69, 9.17) is 4.55 Å². The molecule has 1 unspecified atom stereocenters. The van der Waals surface area contributed by atoms with Gasteiger partial charge in [0.2, 0.25) is 0 Å². The van der Waals surface area contributed by atoms with Crippen molar-refractivity contribution in [2.24, 2.45) is 0 Å². The maximum atomic E-state index is 13.1. The molecule has 0 spiro atoms. The number of allylic oxidation sites excluding steroid dienone is 2. The van der Waals surface area contributed by atoms with Crippen LogP contribution in [0.3, 0.4) is 0 Å². The van der Waals surface area contributed by atoms with Crippen LogP contribution in [0, 0.1) is 0 Å². The molecule has 0 aromatic carbocycles. The first-order valence-corrected chi connectivity index (χ1v) is 9.81. The second-order valence-electron chi connectivity index (χ2n) is 6.81. The summed E-state index contributed by atoms with van der Waals surface area (Å²) in [7, 11) is -3.94. The minimum absolute atomic E-state index is 0.254. The predicted octanol–water partition coefficient (Wildman–Crippen LogP) is 2.49. The summed E-state index contributed by atoms with van der Waals surface area (Å²) in [5, 5.41) is 14.1. The SMILES string of the molecule is O=S(=O)(O)CCCNC1(CC2(O)C=CC(F)=CC2)CCCCC1. The van der Waals surface area contributed by atoms with Crippen LogP contribution >= 0.6 is 0 Å². The highest BCUT2D eigenvalue weighted by molar-refractivity contribution is 7.85. The molecule has 2 aliphatic rings. The van der Waals surface area contributed by atoms with Crippen LogP contribution in [0.2, 0.25) is 0 Å². The molecule has 5 nitrogen and oxygen atoms in total. The van der Waals surface area contributed by atoms with Gasteiger partial charge in [0.25, 0.3) is 10.1 Å². The molecule has 23 heavy (non-hydrogen) atoms. The Morgan fingerprint density at radius 1 is 1.26 bits per heavy atom. The summed E-state index contributed by atoms with van der Waals surface area (Å²) in [4.78, 5) is 0. The molecule has 0 amide bonds. The Kier molecular flexibility index (Phi) is 5.99. The molecule has 132 valence electrons. The van der Waals surface area contributed by atoms with Crippen LogP contribution < -0.4 is 5.32 Å². The average Bonchev–Trinajstić information content (AvgIpc) is 2.47. The van der Waals surface area contributed by atoms with Gasteiger partial charge in [-0.2, -0.15) is 8.42 Å². The van der Waals surface area contributed by atoms with E-state index in [2.05, 4.69) is 5.32 Å². The lowest BCUT2D eigenvalue weighted by molar-refractivity contribution is 0.0344. The molecule has 0 heterocycles. The lowest BCUT2D eigenvalue weighted by atomic mass is 9.72. The molecule has 1 fully saturated rings. The molecule has 7 heteroatoms. The van der Waals surface area contributed by atoms with E-state index in [0.717, 1.165) is 32.1 Å². The number of halogens is 1. The summed E-state index contributed by atoms with van der Waals surface area (Å²) >= 11 is 0. The first-order chi connectivity index (χ1) is 10.7. The Bertz CT molecular complexity index is 567. The third kappa shape index (κ3) is 5.99. The number of hydrogen-bond donors (Lipinski definition) is 3. The minimum Gasteiger partial charge on any atom is -0.385 e. The zero-order valence-corrected chi connectivity index (χ0v) is 14.1. The Morgan fingerprint density at radius 3 is 2.52 bits per heavy atom. The number of rotatable bonds is 7. The van der Waals surface area contributed by atoms with Crippen LogP contribution in [-0.4, -0.2) is 41.5 Å². The molecule has 0 radical (unpaired) electrons. The van der Waals surface area contributed by atoms with Crippen molar-refractivity contribution in [3.8, 4) is 0 Å². The van der Waals surface area contributed by atoms with Gasteiger partial charge in [-0.15, -0.1) is 0 Å². The van der Waals surface area contributed by atoms with Crippen LogP contribution in [0.4, 0.5) is 4.39 Å². The molecule has 0 saturated heterocycles. The lowest BCUT2D eigenvalue weighted by Gasteiger charge is -2.43. The van der Waals surface area contributed by atoms with E-state index in [9.17, 15) is 17.9 Å². The van der Waals surface area contributed by atoms with Gasteiger partial charge in [-0.25, -0.2) is 4.39 Å². The van der Waals surface area contributed by atoms with E-state index in [-0.39, 0.29) is 23.5 Å². The Hall–Kier alpha value is -0.760. The molecular weight excluding hydrogens is 321 g/mol. The molecule has 0 aliphatic heterocycles. The van der Waals surface area contributed by atoms with Crippen molar-refractivity contribution in [1.82, 2.24) is 5.32 Å². The van der Waals surface area contributed by atoms with E-state index >= 15 is 0 Å². The smallest absolute Gasteiger partial charge is 0.264 e. The van der Waals surface area contributed by atoms with Gasteiger partial charge in [0.05, 0.1) is 11.4 Å². The van der Waals surface area contributed by atoms with Crippen LogP contribution in [0.5, 0.6) is 0 Å². The quantitative estimate of drug-likeness (QED) is 0.486. The minimum atomic E-state index is -3.94. The van der Waals surface area contributed by atoms with E-state index in [0.29, 0.717) is 19.4 Å². The van der Waals surface area contributed by atoms with E-state index in [1.807, 2.05) is 0 Å². The summed E-state index contributed by atoms with van der Waals surface area (Å²) in [5.41, 5.74) is -1.33. The Balaban J connectivity index is 1.97. The summed E-state index contributed by atoms with van der Waals surface area (Å²) < 4.78 is 43.5. The summed E-state index contributed by atoms with van der Waals surface area (Å²) in [6.07, 6.45) is 10.3.